The summed E-state index contributed by atoms with van der Waals surface area (Å²) in [6.45, 7) is 3.55. The number of likely N-dealkylation sites (N-methyl/N-ethyl adjacent to an activating group) is 1. The van der Waals surface area contributed by atoms with E-state index < -0.39 is 0 Å². The molecule has 1 aromatic rings. The van der Waals surface area contributed by atoms with Crippen LogP contribution < -0.4 is 5.32 Å². The summed E-state index contributed by atoms with van der Waals surface area (Å²) in [6, 6.07) is 8.25. The van der Waals surface area contributed by atoms with Crippen LogP contribution in [-0.4, -0.2) is 30.4 Å². The lowest BCUT2D eigenvalue weighted by molar-refractivity contribution is -0.132. The first-order valence-corrected chi connectivity index (χ1v) is 5.77. The minimum Gasteiger partial charge on any atom is -0.345 e. The summed E-state index contributed by atoms with van der Waals surface area (Å²) in [5, 5.41) is 3.30. The minimum atomic E-state index is -0.0557. The fraction of sp³-hybridized carbons (Fsp3) is 0.462. The van der Waals surface area contributed by atoms with Crippen LogP contribution in [0.1, 0.15) is 18.1 Å². The van der Waals surface area contributed by atoms with Crippen LogP contribution in [0.4, 0.5) is 0 Å². The molecule has 0 bridgehead atoms. The number of benzene rings is 1. The largest absolute Gasteiger partial charge is 0.345 e. The Hall–Kier alpha value is -1.35. The van der Waals surface area contributed by atoms with Gasteiger partial charge in [-0.1, -0.05) is 24.3 Å². The summed E-state index contributed by atoms with van der Waals surface area (Å²) < 4.78 is 0. The molecule has 0 spiro atoms. The zero-order valence-electron chi connectivity index (χ0n) is 9.86. The summed E-state index contributed by atoms with van der Waals surface area (Å²) in [5.41, 5.74) is 2.61. The fourth-order valence-electron chi connectivity index (χ4n) is 2.05. The molecule has 86 valence electrons. The number of carbonyl (C=O) groups is 1. The molecule has 1 heterocycles. The molecule has 0 radical (unpaired) electrons. The number of nitrogens with zero attached hydrogens (tertiary/aromatic N) is 1. The van der Waals surface area contributed by atoms with Gasteiger partial charge in [0.15, 0.2) is 0 Å². The highest BCUT2D eigenvalue weighted by atomic mass is 16.2. The molecule has 2 rings (SSSR count). The standard InChI is InChI=1S/C13H18N2O/c1-3-15(2)13(16)12-8-10-6-4-5-7-11(10)9-14-12/h4-7,12,14H,3,8-9H2,1-2H3. The highest BCUT2D eigenvalue weighted by Gasteiger charge is 2.25. The summed E-state index contributed by atoms with van der Waals surface area (Å²) in [6.07, 6.45) is 0.805. The van der Waals surface area contributed by atoms with Gasteiger partial charge in [0.1, 0.15) is 0 Å². The smallest absolute Gasteiger partial charge is 0.239 e. The third kappa shape index (κ3) is 2.09. The number of rotatable bonds is 2. The molecule has 16 heavy (non-hydrogen) atoms. The van der Waals surface area contributed by atoms with Crippen LogP contribution in [0.5, 0.6) is 0 Å². The van der Waals surface area contributed by atoms with Crippen LogP contribution >= 0.6 is 0 Å². The van der Waals surface area contributed by atoms with Gasteiger partial charge in [0, 0.05) is 20.1 Å². The summed E-state index contributed by atoms with van der Waals surface area (Å²) in [5.74, 6) is 0.192. The normalized spacial score (nSPS) is 19.0. The zero-order chi connectivity index (χ0) is 11.5. The predicted molar refractivity (Wildman–Crippen MR) is 64.1 cm³/mol. The molecule has 0 fully saturated rings. The zero-order valence-corrected chi connectivity index (χ0v) is 9.86. The Morgan fingerprint density at radius 3 is 2.81 bits per heavy atom. The maximum Gasteiger partial charge on any atom is 0.239 e. The van der Waals surface area contributed by atoms with Crippen LogP contribution in [0.2, 0.25) is 0 Å². The van der Waals surface area contributed by atoms with Crippen LogP contribution in [0.3, 0.4) is 0 Å². The first-order valence-electron chi connectivity index (χ1n) is 5.77. The van der Waals surface area contributed by atoms with E-state index in [9.17, 15) is 4.79 Å². The third-order valence-electron chi connectivity index (χ3n) is 3.23. The van der Waals surface area contributed by atoms with E-state index >= 15 is 0 Å². The first kappa shape index (κ1) is 11.1. The van der Waals surface area contributed by atoms with Crippen molar-refractivity contribution in [3.8, 4) is 0 Å². The highest BCUT2D eigenvalue weighted by Crippen LogP contribution is 2.16. The van der Waals surface area contributed by atoms with E-state index in [2.05, 4.69) is 17.4 Å². The van der Waals surface area contributed by atoms with E-state index in [1.165, 1.54) is 11.1 Å². The molecule has 1 aliphatic rings. The topological polar surface area (TPSA) is 32.3 Å². The number of hydrogen-bond acceptors (Lipinski definition) is 2. The van der Waals surface area contributed by atoms with E-state index in [1.807, 2.05) is 26.1 Å². The molecule has 3 heteroatoms. The second kappa shape index (κ2) is 4.66. The van der Waals surface area contributed by atoms with Crippen LogP contribution in [0.25, 0.3) is 0 Å². The second-order valence-corrected chi connectivity index (χ2v) is 4.26. The maximum absolute atomic E-state index is 12.0. The Balaban J connectivity index is 2.11. The Kier molecular flexibility index (Phi) is 3.25. The molecule has 0 aromatic heterocycles. The van der Waals surface area contributed by atoms with Crippen LogP contribution in [-0.2, 0) is 17.8 Å². The molecule has 1 aliphatic heterocycles. The molecule has 0 aliphatic carbocycles. The van der Waals surface area contributed by atoms with E-state index in [4.69, 9.17) is 0 Å². The summed E-state index contributed by atoms with van der Waals surface area (Å²) in [7, 11) is 1.85. The average Bonchev–Trinajstić information content (AvgIpc) is 2.36. The number of carbonyl (C=O) groups excluding carboxylic acids is 1. The molecule has 1 amide bonds. The predicted octanol–water partition coefficient (Wildman–Crippen LogP) is 1.18. The average molecular weight is 218 g/mol. The molecule has 3 nitrogen and oxygen atoms in total. The van der Waals surface area contributed by atoms with Crippen molar-refractivity contribution in [1.82, 2.24) is 10.2 Å². The number of hydrogen-bond donors (Lipinski definition) is 1. The maximum atomic E-state index is 12.0. The quantitative estimate of drug-likeness (QED) is 0.808. The third-order valence-corrected chi connectivity index (χ3v) is 3.23. The molecule has 1 aromatic carbocycles. The second-order valence-electron chi connectivity index (χ2n) is 4.26. The van der Waals surface area contributed by atoms with Gasteiger partial charge in [0.05, 0.1) is 6.04 Å². The van der Waals surface area contributed by atoms with E-state index in [0.29, 0.717) is 0 Å². The van der Waals surface area contributed by atoms with Crippen molar-refractivity contribution in [1.29, 1.82) is 0 Å². The van der Waals surface area contributed by atoms with Crippen molar-refractivity contribution in [2.45, 2.75) is 25.9 Å². The van der Waals surface area contributed by atoms with Gasteiger partial charge in [0.25, 0.3) is 0 Å². The number of nitrogens with one attached hydrogen (secondary N) is 1. The van der Waals surface area contributed by atoms with E-state index in [-0.39, 0.29) is 11.9 Å². The van der Waals surface area contributed by atoms with Crippen molar-refractivity contribution in [2.75, 3.05) is 13.6 Å². The fourth-order valence-corrected chi connectivity index (χ4v) is 2.05. The van der Waals surface area contributed by atoms with Gasteiger partial charge >= 0.3 is 0 Å². The first-order chi connectivity index (χ1) is 7.72. The number of amides is 1. The summed E-state index contributed by atoms with van der Waals surface area (Å²) >= 11 is 0. The Bertz CT molecular complexity index is 389. The lowest BCUT2D eigenvalue weighted by Gasteiger charge is -2.28. The van der Waals surface area contributed by atoms with Crippen LogP contribution in [0.15, 0.2) is 24.3 Å². The molecule has 1 atom stereocenters. The Labute approximate surface area is 96.5 Å². The van der Waals surface area contributed by atoms with Gasteiger partial charge in [-0.2, -0.15) is 0 Å². The molecule has 0 saturated heterocycles. The summed E-state index contributed by atoms with van der Waals surface area (Å²) in [4.78, 5) is 13.8. The lowest BCUT2D eigenvalue weighted by atomic mass is 9.95. The monoisotopic (exact) mass is 218 g/mol. The SMILES string of the molecule is CCN(C)C(=O)C1Cc2ccccc2CN1. The molecule has 0 saturated carbocycles. The molecule has 1 N–H and O–H groups in total. The van der Waals surface area contributed by atoms with Gasteiger partial charge in [-0.05, 0) is 24.5 Å². The van der Waals surface area contributed by atoms with Crippen LogP contribution in [0, 0.1) is 0 Å². The van der Waals surface area contributed by atoms with Crippen molar-refractivity contribution in [2.24, 2.45) is 0 Å². The van der Waals surface area contributed by atoms with Crippen molar-refractivity contribution >= 4 is 5.91 Å². The van der Waals surface area contributed by atoms with E-state index in [0.717, 1.165) is 19.5 Å². The van der Waals surface area contributed by atoms with Gasteiger partial charge in [-0.3, -0.25) is 4.79 Å². The van der Waals surface area contributed by atoms with Gasteiger partial charge < -0.3 is 10.2 Å². The molecular weight excluding hydrogens is 200 g/mol. The minimum absolute atomic E-state index is 0.0557. The van der Waals surface area contributed by atoms with Crippen molar-refractivity contribution in [3.63, 3.8) is 0 Å². The molecule has 1 unspecified atom stereocenters. The van der Waals surface area contributed by atoms with Gasteiger partial charge in [-0.25, -0.2) is 0 Å². The van der Waals surface area contributed by atoms with Crippen molar-refractivity contribution < 1.29 is 4.79 Å². The van der Waals surface area contributed by atoms with Gasteiger partial charge in [-0.15, -0.1) is 0 Å². The molecular formula is C13H18N2O. The van der Waals surface area contributed by atoms with Crippen molar-refractivity contribution in [3.05, 3.63) is 35.4 Å². The lowest BCUT2D eigenvalue weighted by Crippen LogP contribution is -2.48. The Morgan fingerprint density at radius 2 is 2.12 bits per heavy atom. The van der Waals surface area contributed by atoms with Gasteiger partial charge in [0.2, 0.25) is 5.91 Å². The number of fused-ring (bicyclic) bond motifs is 1. The van der Waals surface area contributed by atoms with E-state index in [1.54, 1.807) is 4.90 Å². The Morgan fingerprint density at radius 1 is 1.44 bits per heavy atom. The highest BCUT2D eigenvalue weighted by molar-refractivity contribution is 5.82.